The van der Waals surface area contributed by atoms with Crippen LogP contribution >= 0.6 is 23.2 Å². The average molecular weight is 531 g/mol. The molecule has 0 bridgehead atoms. The molecule has 5 rings (SSSR count). The fourth-order valence-electron chi connectivity index (χ4n) is 6.02. The van der Waals surface area contributed by atoms with E-state index in [-0.39, 0.29) is 5.91 Å². The number of hydrogen-bond acceptors (Lipinski definition) is 5. The minimum Gasteiger partial charge on any atom is -0.353 e. The zero-order valence-corrected chi connectivity index (χ0v) is 22.7. The van der Waals surface area contributed by atoms with Gasteiger partial charge in [-0.25, -0.2) is 4.98 Å². The molecule has 194 valence electrons. The Balaban J connectivity index is 1.14. The Morgan fingerprint density at radius 3 is 2.36 bits per heavy atom. The Hall–Kier alpha value is -1.86. The van der Waals surface area contributed by atoms with Gasteiger partial charge in [-0.15, -0.1) is 0 Å². The van der Waals surface area contributed by atoms with Crippen molar-refractivity contribution >= 4 is 34.9 Å². The molecule has 1 atom stereocenters. The zero-order chi connectivity index (χ0) is 25.1. The highest BCUT2D eigenvalue weighted by atomic mass is 35.5. The van der Waals surface area contributed by atoms with Gasteiger partial charge in [-0.2, -0.15) is 0 Å². The van der Waals surface area contributed by atoms with Crippen molar-refractivity contribution in [1.29, 1.82) is 0 Å². The first-order chi connectivity index (χ1) is 17.5. The van der Waals surface area contributed by atoms with Gasteiger partial charge in [-0.3, -0.25) is 14.6 Å². The van der Waals surface area contributed by atoms with Crippen molar-refractivity contribution in [1.82, 2.24) is 19.7 Å². The van der Waals surface area contributed by atoms with Gasteiger partial charge in [0, 0.05) is 62.6 Å². The molecule has 0 radical (unpaired) electrons. The first-order valence-corrected chi connectivity index (χ1v) is 14.2. The van der Waals surface area contributed by atoms with Crippen molar-refractivity contribution in [3.63, 3.8) is 0 Å². The molecule has 1 amide bonds. The Labute approximate surface area is 225 Å². The molecule has 0 spiro atoms. The van der Waals surface area contributed by atoms with Crippen molar-refractivity contribution < 1.29 is 4.79 Å². The summed E-state index contributed by atoms with van der Waals surface area (Å²) in [4.78, 5) is 27.0. The van der Waals surface area contributed by atoms with E-state index in [0.29, 0.717) is 22.7 Å². The number of likely N-dealkylation sites (tertiary alicyclic amines) is 2. The van der Waals surface area contributed by atoms with Crippen molar-refractivity contribution in [2.24, 2.45) is 0 Å². The third-order valence-corrected chi connectivity index (χ3v) is 8.57. The van der Waals surface area contributed by atoms with Gasteiger partial charge < -0.3 is 9.80 Å². The number of amides is 1. The van der Waals surface area contributed by atoms with Crippen molar-refractivity contribution in [2.45, 2.75) is 57.7 Å². The van der Waals surface area contributed by atoms with Crippen LogP contribution in [0.4, 0.5) is 5.82 Å². The number of pyridine rings is 1. The van der Waals surface area contributed by atoms with Gasteiger partial charge in [0.15, 0.2) is 0 Å². The Morgan fingerprint density at radius 1 is 0.972 bits per heavy atom. The quantitative estimate of drug-likeness (QED) is 0.533. The molecule has 0 N–H and O–H groups in total. The summed E-state index contributed by atoms with van der Waals surface area (Å²) in [6.45, 7) is 10.0. The molecule has 0 saturated carbocycles. The third-order valence-electron chi connectivity index (χ3n) is 8.04. The summed E-state index contributed by atoms with van der Waals surface area (Å²) >= 11 is 12.7. The fraction of sp³-hybridized carbons (Fsp3) is 0.571. The van der Waals surface area contributed by atoms with Gasteiger partial charge in [0.05, 0.1) is 10.6 Å². The second-order valence-corrected chi connectivity index (χ2v) is 11.4. The van der Waals surface area contributed by atoms with Crippen LogP contribution in [0, 0.1) is 0 Å². The Kier molecular flexibility index (Phi) is 8.36. The minimum absolute atomic E-state index is 0.0521. The number of piperidine rings is 2. The second kappa shape index (κ2) is 11.7. The highest BCUT2D eigenvalue weighted by molar-refractivity contribution is 6.33. The molecule has 3 saturated heterocycles. The summed E-state index contributed by atoms with van der Waals surface area (Å²) in [5, 5.41) is 1.37. The lowest BCUT2D eigenvalue weighted by atomic mass is 9.99. The number of halogens is 2. The topological polar surface area (TPSA) is 42.9 Å². The normalized spacial score (nSPS) is 22.7. The summed E-state index contributed by atoms with van der Waals surface area (Å²) in [6.07, 6.45) is 7.47. The molecule has 6 nitrogen and oxygen atoms in total. The van der Waals surface area contributed by atoms with Crippen LogP contribution in [0.3, 0.4) is 0 Å². The van der Waals surface area contributed by atoms with Crippen LogP contribution in [0.2, 0.25) is 10.0 Å². The summed E-state index contributed by atoms with van der Waals surface area (Å²) in [5.74, 6) is 0.854. The van der Waals surface area contributed by atoms with E-state index >= 15 is 0 Å². The zero-order valence-electron chi connectivity index (χ0n) is 21.2. The van der Waals surface area contributed by atoms with E-state index in [4.69, 9.17) is 23.2 Å². The number of aromatic nitrogens is 1. The summed E-state index contributed by atoms with van der Waals surface area (Å²) in [6, 6.07) is 11.1. The smallest absolute Gasteiger partial charge is 0.255 e. The third kappa shape index (κ3) is 5.99. The standard InChI is InChI=1S/C28H37Cl2N5O/c1-21-19-34(27-26(30)17-23(18-31-27)28(36)33-11-3-2-4-12-33)15-16-35(21)25-9-13-32(14-10-25)20-22-5-7-24(29)8-6-22/h5-8,17-18,21,25H,2-4,9-16,19-20H2,1H3/t21-/m0/s1. The monoisotopic (exact) mass is 529 g/mol. The van der Waals surface area contributed by atoms with E-state index in [1.807, 2.05) is 23.1 Å². The lowest BCUT2D eigenvalue weighted by Crippen LogP contribution is -2.57. The fourth-order valence-corrected chi connectivity index (χ4v) is 6.44. The van der Waals surface area contributed by atoms with Crippen molar-refractivity contribution in [3.05, 3.63) is 57.7 Å². The van der Waals surface area contributed by atoms with Crippen molar-refractivity contribution in [2.75, 3.05) is 50.7 Å². The Bertz CT molecular complexity index is 1030. The average Bonchev–Trinajstić information content (AvgIpc) is 2.90. The molecule has 2 aromatic rings. The van der Waals surface area contributed by atoms with E-state index in [9.17, 15) is 4.79 Å². The molecule has 3 aliphatic heterocycles. The first kappa shape index (κ1) is 25.8. The van der Waals surface area contributed by atoms with E-state index in [0.717, 1.165) is 76.0 Å². The molecule has 8 heteroatoms. The molecule has 3 aliphatic rings. The summed E-state index contributed by atoms with van der Waals surface area (Å²) in [5.41, 5.74) is 1.93. The van der Waals surface area contributed by atoms with Gasteiger partial charge in [0.1, 0.15) is 5.82 Å². The van der Waals surface area contributed by atoms with Crippen molar-refractivity contribution in [3.8, 4) is 0 Å². The van der Waals surface area contributed by atoms with Gasteiger partial charge >= 0.3 is 0 Å². The highest BCUT2D eigenvalue weighted by Crippen LogP contribution is 2.29. The molecule has 0 unspecified atom stereocenters. The predicted molar refractivity (Wildman–Crippen MR) is 147 cm³/mol. The summed E-state index contributed by atoms with van der Waals surface area (Å²) in [7, 11) is 0. The molecule has 3 fully saturated rings. The SMILES string of the molecule is C[C@H]1CN(c2ncc(C(=O)N3CCCCC3)cc2Cl)CCN1C1CCN(Cc2ccc(Cl)cc2)CC1. The number of rotatable bonds is 5. The van der Waals surface area contributed by atoms with E-state index < -0.39 is 0 Å². The Morgan fingerprint density at radius 2 is 1.69 bits per heavy atom. The van der Waals surface area contributed by atoms with Gasteiger partial charge in [0.25, 0.3) is 5.91 Å². The van der Waals surface area contributed by atoms with Crippen LogP contribution in [0.1, 0.15) is 54.9 Å². The predicted octanol–water partition coefficient (Wildman–Crippen LogP) is 5.19. The number of carbonyl (C=O) groups excluding carboxylic acids is 1. The number of anilines is 1. The number of carbonyl (C=O) groups is 1. The largest absolute Gasteiger partial charge is 0.353 e. The molecule has 1 aromatic heterocycles. The van der Waals surface area contributed by atoms with Crippen LogP contribution in [-0.4, -0.2) is 83.5 Å². The molecule has 1 aromatic carbocycles. The minimum atomic E-state index is 0.0521. The molecule has 0 aliphatic carbocycles. The number of hydrogen-bond donors (Lipinski definition) is 0. The second-order valence-electron chi connectivity index (χ2n) is 10.5. The molecular weight excluding hydrogens is 493 g/mol. The first-order valence-electron chi connectivity index (χ1n) is 13.4. The molecule has 4 heterocycles. The van der Waals surface area contributed by atoms with Crippen LogP contribution in [0.5, 0.6) is 0 Å². The van der Waals surface area contributed by atoms with Crippen LogP contribution < -0.4 is 4.90 Å². The summed E-state index contributed by atoms with van der Waals surface area (Å²) < 4.78 is 0. The number of benzene rings is 1. The number of piperazine rings is 1. The maximum absolute atomic E-state index is 12.8. The maximum atomic E-state index is 12.8. The van der Waals surface area contributed by atoms with E-state index in [1.165, 1.54) is 24.8 Å². The molecule has 36 heavy (non-hydrogen) atoms. The van der Waals surface area contributed by atoms with Gasteiger partial charge in [0.2, 0.25) is 0 Å². The van der Waals surface area contributed by atoms with Gasteiger partial charge in [-0.05, 0) is 75.9 Å². The van der Waals surface area contributed by atoms with E-state index in [2.05, 4.69) is 38.7 Å². The van der Waals surface area contributed by atoms with E-state index in [1.54, 1.807) is 6.20 Å². The maximum Gasteiger partial charge on any atom is 0.255 e. The lowest BCUT2D eigenvalue weighted by molar-refractivity contribution is 0.0690. The molecular formula is C28H37Cl2N5O. The van der Waals surface area contributed by atoms with Crippen LogP contribution in [-0.2, 0) is 6.54 Å². The highest BCUT2D eigenvalue weighted by Gasteiger charge is 2.33. The lowest BCUT2D eigenvalue weighted by Gasteiger charge is -2.47. The van der Waals surface area contributed by atoms with Crippen LogP contribution in [0.15, 0.2) is 36.5 Å². The van der Waals surface area contributed by atoms with Gasteiger partial charge in [-0.1, -0.05) is 35.3 Å². The number of nitrogens with zero attached hydrogens (tertiary/aromatic N) is 5. The van der Waals surface area contributed by atoms with Crippen LogP contribution in [0.25, 0.3) is 0 Å².